The third-order valence-corrected chi connectivity index (χ3v) is 4.40. The third-order valence-electron chi connectivity index (χ3n) is 4.40. The van der Waals surface area contributed by atoms with Gasteiger partial charge >= 0.3 is 0 Å². The van der Waals surface area contributed by atoms with Crippen LogP contribution in [0.15, 0.2) is 24.3 Å². The van der Waals surface area contributed by atoms with E-state index in [1.807, 2.05) is 6.92 Å². The molecule has 1 N–H and O–H groups in total. The molecule has 1 aliphatic rings. The standard InChI is InChI=1S/C19H26N4/c1-4-18-17(13-16-7-5-6-14(2)12-16)19(22-15(3)21-18)23-10-8-20-9-11-23/h5-7,12,20H,4,8-11,13H2,1-3H3. The SMILES string of the molecule is CCc1nc(C)nc(N2CCNCC2)c1Cc1cccc(C)c1. The molecule has 0 bridgehead atoms. The molecule has 2 aromatic rings. The van der Waals surface area contributed by atoms with Gasteiger partial charge in [-0.05, 0) is 25.8 Å². The Balaban J connectivity index is 2.01. The second-order valence-corrected chi connectivity index (χ2v) is 6.28. The van der Waals surface area contributed by atoms with Crippen LogP contribution in [0, 0.1) is 13.8 Å². The largest absolute Gasteiger partial charge is 0.354 e. The Morgan fingerprint density at radius 1 is 1.13 bits per heavy atom. The summed E-state index contributed by atoms with van der Waals surface area (Å²) in [6.45, 7) is 10.4. The minimum atomic E-state index is 0.878. The summed E-state index contributed by atoms with van der Waals surface area (Å²) in [5, 5.41) is 3.42. The molecule has 1 fully saturated rings. The molecule has 1 aromatic carbocycles. The highest BCUT2D eigenvalue weighted by Crippen LogP contribution is 2.25. The van der Waals surface area contributed by atoms with Gasteiger partial charge in [-0.15, -0.1) is 0 Å². The van der Waals surface area contributed by atoms with Crippen molar-refractivity contribution in [2.45, 2.75) is 33.6 Å². The van der Waals surface area contributed by atoms with Crippen molar-refractivity contribution in [2.24, 2.45) is 0 Å². The summed E-state index contributed by atoms with van der Waals surface area (Å²) in [6, 6.07) is 8.75. The van der Waals surface area contributed by atoms with Crippen LogP contribution < -0.4 is 10.2 Å². The maximum absolute atomic E-state index is 4.81. The van der Waals surface area contributed by atoms with E-state index in [0.717, 1.165) is 50.7 Å². The second kappa shape index (κ2) is 7.09. The van der Waals surface area contributed by atoms with E-state index in [0.29, 0.717) is 0 Å². The zero-order valence-electron chi connectivity index (χ0n) is 14.4. The first-order chi connectivity index (χ1) is 11.2. The van der Waals surface area contributed by atoms with Crippen LogP contribution in [0.2, 0.25) is 0 Å². The summed E-state index contributed by atoms with van der Waals surface area (Å²) in [5.41, 5.74) is 5.12. The Morgan fingerprint density at radius 3 is 2.61 bits per heavy atom. The summed E-state index contributed by atoms with van der Waals surface area (Å²) < 4.78 is 0. The average Bonchev–Trinajstić information content (AvgIpc) is 2.57. The Kier molecular flexibility index (Phi) is 4.91. The van der Waals surface area contributed by atoms with E-state index < -0.39 is 0 Å². The minimum Gasteiger partial charge on any atom is -0.354 e. The van der Waals surface area contributed by atoms with E-state index in [4.69, 9.17) is 9.97 Å². The van der Waals surface area contributed by atoms with Gasteiger partial charge in [0.1, 0.15) is 11.6 Å². The molecule has 0 aliphatic carbocycles. The lowest BCUT2D eigenvalue weighted by Crippen LogP contribution is -2.44. The van der Waals surface area contributed by atoms with Crippen LogP contribution in [0.5, 0.6) is 0 Å². The number of piperazine rings is 1. The number of hydrogen-bond donors (Lipinski definition) is 1. The first-order valence-corrected chi connectivity index (χ1v) is 8.55. The van der Waals surface area contributed by atoms with Crippen LogP contribution in [0.3, 0.4) is 0 Å². The smallest absolute Gasteiger partial charge is 0.136 e. The van der Waals surface area contributed by atoms with Crippen molar-refractivity contribution in [3.63, 3.8) is 0 Å². The van der Waals surface area contributed by atoms with E-state index in [9.17, 15) is 0 Å². The quantitative estimate of drug-likeness (QED) is 0.942. The van der Waals surface area contributed by atoms with E-state index in [2.05, 4.69) is 48.3 Å². The van der Waals surface area contributed by atoms with E-state index >= 15 is 0 Å². The average molecular weight is 310 g/mol. The number of rotatable bonds is 4. The molecule has 2 heterocycles. The van der Waals surface area contributed by atoms with Gasteiger partial charge in [0.15, 0.2) is 0 Å². The van der Waals surface area contributed by atoms with Crippen molar-refractivity contribution in [2.75, 3.05) is 31.1 Å². The normalized spacial score (nSPS) is 15.0. The van der Waals surface area contributed by atoms with Gasteiger partial charge in [-0.3, -0.25) is 0 Å². The predicted octanol–water partition coefficient (Wildman–Crippen LogP) is 2.66. The summed E-state index contributed by atoms with van der Waals surface area (Å²) in [5.74, 6) is 2.01. The number of anilines is 1. The number of nitrogens with zero attached hydrogens (tertiary/aromatic N) is 3. The Morgan fingerprint density at radius 2 is 1.91 bits per heavy atom. The second-order valence-electron chi connectivity index (χ2n) is 6.28. The fraction of sp³-hybridized carbons (Fsp3) is 0.474. The topological polar surface area (TPSA) is 41.1 Å². The summed E-state index contributed by atoms with van der Waals surface area (Å²) in [4.78, 5) is 11.9. The first kappa shape index (κ1) is 15.9. The minimum absolute atomic E-state index is 0.878. The molecule has 1 aromatic heterocycles. The van der Waals surface area contributed by atoms with Crippen molar-refractivity contribution in [3.8, 4) is 0 Å². The van der Waals surface area contributed by atoms with Crippen molar-refractivity contribution < 1.29 is 0 Å². The van der Waals surface area contributed by atoms with Crippen molar-refractivity contribution in [1.82, 2.24) is 15.3 Å². The van der Waals surface area contributed by atoms with Gasteiger partial charge in [0, 0.05) is 43.9 Å². The Hall–Kier alpha value is -1.94. The van der Waals surface area contributed by atoms with Gasteiger partial charge in [0.25, 0.3) is 0 Å². The maximum atomic E-state index is 4.81. The number of aromatic nitrogens is 2. The molecule has 0 amide bonds. The van der Waals surface area contributed by atoms with Gasteiger partial charge in [-0.1, -0.05) is 36.8 Å². The molecule has 0 radical (unpaired) electrons. The zero-order chi connectivity index (χ0) is 16.2. The van der Waals surface area contributed by atoms with Gasteiger partial charge in [-0.2, -0.15) is 0 Å². The van der Waals surface area contributed by atoms with Crippen molar-refractivity contribution in [1.29, 1.82) is 0 Å². The van der Waals surface area contributed by atoms with Crippen LogP contribution in [-0.2, 0) is 12.8 Å². The molecule has 0 saturated carbocycles. The monoisotopic (exact) mass is 310 g/mol. The summed E-state index contributed by atoms with van der Waals surface area (Å²) in [6.07, 6.45) is 1.86. The third kappa shape index (κ3) is 3.70. The lowest BCUT2D eigenvalue weighted by molar-refractivity contribution is 0.581. The van der Waals surface area contributed by atoms with Gasteiger partial charge < -0.3 is 10.2 Å². The molecular formula is C19H26N4. The summed E-state index contributed by atoms with van der Waals surface area (Å²) in [7, 11) is 0. The number of hydrogen-bond acceptors (Lipinski definition) is 4. The molecule has 0 unspecified atom stereocenters. The molecule has 4 nitrogen and oxygen atoms in total. The molecule has 23 heavy (non-hydrogen) atoms. The van der Waals surface area contributed by atoms with Gasteiger partial charge in [-0.25, -0.2) is 9.97 Å². The van der Waals surface area contributed by atoms with Crippen LogP contribution in [0.4, 0.5) is 5.82 Å². The van der Waals surface area contributed by atoms with E-state index in [1.165, 1.54) is 22.4 Å². The molecule has 0 atom stereocenters. The van der Waals surface area contributed by atoms with Crippen LogP contribution in [-0.4, -0.2) is 36.1 Å². The van der Waals surface area contributed by atoms with Crippen LogP contribution >= 0.6 is 0 Å². The first-order valence-electron chi connectivity index (χ1n) is 8.55. The van der Waals surface area contributed by atoms with Crippen molar-refractivity contribution >= 4 is 5.82 Å². The van der Waals surface area contributed by atoms with Gasteiger partial charge in [0.05, 0.1) is 0 Å². The molecular weight excluding hydrogens is 284 g/mol. The molecule has 122 valence electrons. The zero-order valence-corrected chi connectivity index (χ0v) is 14.4. The predicted molar refractivity (Wildman–Crippen MR) is 95.2 cm³/mol. The molecule has 4 heteroatoms. The highest BCUT2D eigenvalue weighted by Gasteiger charge is 2.19. The van der Waals surface area contributed by atoms with E-state index in [-0.39, 0.29) is 0 Å². The van der Waals surface area contributed by atoms with Crippen molar-refractivity contribution in [3.05, 3.63) is 52.5 Å². The highest BCUT2D eigenvalue weighted by atomic mass is 15.2. The maximum Gasteiger partial charge on any atom is 0.136 e. The lowest BCUT2D eigenvalue weighted by atomic mass is 10.0. The fourth-order valence-corrected chi connectivity index (χ4v) is 3.28. The van der Waals surface area contributed by atoms with E-state index in [1.54, 1.807) is 0 Å². The molecule has 1 aliphatic heterocycles. The number of aryl methyl sites for hydroxylation is 3. The summed E-state index contributed by atoms with van der Waals surface area (Å²) >= 11 is 0. The Labute approximate surface area is 139 Å². The molecule has 0 spiro atoms. The fourth-order valence-electron chi connectivity index (χ4n) is 3.28. The Bertz CT molecular complexity index is 675. The number of benzene rings is 1. The number of nitrogens with one attached hydrogen (secondary N) is 1. The van der Waals surface area contributed by atoms with Crippen LogP contribution in [0.1, 0.15) is 35.1 Å². The molecule has 3 rings (SSSR count). The highest BCUT2D eigenvalue weighted by molar-refractivity contribution is 5.52. The van der Waals surface area contributed by atoms with Gasteiger partial charge in [0.2, 0.25) is 0 Å². The lowest BCUT2D eigenvalue weighted by Gasteiger charge is -2.31. The van der Waals surface area contributed by atoms with Crippen LogP contribution in [0.25, 0.3) is 0 Å². The molecule has 1 saturated heterocycles.